The number of nitrogens with two attached hydrogens (primary N) is 3. The maximum atomic E-state index is 14.5. The van der Waals surface area contributed by atoms with Crippen LogP contribution in [0.4, 0.5) is 0 Å². The van der Waals surface area contributed by atoms with Crippen LogP contribution in [0.5, 0.6) is 0 Å². The molecule has 10 N–H and O–H groups in total. The Morgan fingerprint density at radius 2 is 1.56 bits per heavy atom. The van der Waals surface area contributed by atoms with Crippen LogP contribution in [0.25, 0.3) is 0 Å². The lowest BCUT2D eigenvalue weighted by Crippen LogP contribution is -2.73. The largest absolute Gasteiger partial charge is 0.370 e. The van der Waals surface area contributed by atoms with Gasteiger partial charge in [-0.05, 0) is 44.1 Å². The molecule has 4 saturated heterocycles. The highest BCUT2D eigenvalue weighted by Gasteiger charge is 2.50. The molecular formula is C34H50N10O6. The maximum absolute atomic E-state index is 14.5. The minimum absolute atomic E-state index is 0.0220. The molecule has 4 fully saturated rings. The van der Waals surface area contributed by atoms with Crippen molar-refractivity contribution in [3.63, 3.8) is 0 Å². The molecule has 5 rings (SSSR count). The molecule has 3 unspecified atom stereocenters. The lowest BCUT2D eigenvalue weighted by molar-refractivity contribution is -0.149. The Balaban J connectivity index is 1.45. The van der Waals surface area contributed by atoms with Gasteiger partial charge in [0.15, 0.2) is 17.5 Å². The molecule has 50 heavy (non-hydrogen) atoms. The lowest BCUT2D eigenvalue weighted by Gasteiger charge is -2.49. The van der Waals surface area contributed by atoms with E-state index in [1.165, 1.54) is 0 Å². The number of carbonyl (C=O) groups excluding carboxylic acids is 6. The van der Waals surface area contributed by atoms with E-state index in [0.717, 1.165) is 18.4 Å². The molecule has 4 heterocycles. The number of rotatable bonds is 13. The number of aliphatic imine (C=N–C) groups is 1. The highest BCUT2D eigenvalue weighted by Crippen LogP contribution is 2.30. The summed E-state index contributed by atoms with van der Waals surface area (Å²) >= 11 is 0. The number of benzene rings is 1. The Labute approximate surface area is 291 Å². The number of unbranched alkanes of at least 4 members (excludes halogenated alkanes) is 1. The van der Waals surface area contributed by atoms with E-state index in [4.69, 9.17) is 17.2 Å². The Kier molecular flexibility index (Phi) is 12.2. The van der Waals surface area contributed by atoms with E-state index in [1.807, 2.05) is 42.2 Å². The summed E-state index contributed by atoms with van der Waals surface area (Å²) in [7, 11) is 0. The summed E-state index contributed by atoms with van der Waals surface area (Å²) in [5.74, 6) is -2.48. The smallest absolute Gasteiger partial charge is 0.241 e. The van der Waals surface area contributed by atoms with Gasteiger partial charge in [0, 0.05) is 26.2 Å². The summed E-state index contributed by atoms with van der Waals surface area (Å²) < 4.78 is 0. The zero-order chi connectivity index (χ0) is 35.9. The minimum Gasteiger partial charge on any atom is -0.370 e. The second-order valence-corrected chi connectivity index (χ2v) is 13.7. The number of carbonyl (C=O) groups is 6. The fourth-order valence-corrected chi connectivity index (χ4v) is 7.67. The third-order valence-corrected chi connectivity index (χ3v) is 10.3. The Morgan fingerprint density at radius 1 is 0.840 bits per heavy atom. The minimum atomic E-state index is -1.04. The summed E-state index contributed by atoms with van der Waals surface area (Å²) in [5.41, 5.74) is 17.5. The van der Waals surface area contributed by atoms with E-state index < -0.39 is 54.1 Å². The van der Waals surface area contributed by atoms with Gasteiger partial charge in [-0.2, -0.15) is 0 Å². The summed E-state index contributed by atoms with van der Waals surface area (Å²) in [5, 5.41) is 11.7. The molecule has 0 aliphatic carbocycles. The number of fused-ring (bicyclic) bond motifs is 2. The van der Waals surface area contributed by atoms with Gasteiger partial charge < -0.3 is 38.5 Å². The fraction of sp³-hybridized carbons (Fsp3) is 0.618. The highest BCUT2D eigenvalue weighted by molar-refractivity contribution is 5.99. The van der Waals surface area contributed by atoms with Gasteiger partial charge in [0.2, 0.25) is 23.6 Å². The molecule has 1 aromatic carbocycles. The van der Waals surface area contributed by atoms with Crippen LogP contribution in [0.15, 0.2) is 35.3 Å². The number of Topliss-reactive ketones (excluding diaryl/α,β-unsaturated/α-hetero) is 2. The van der Waals surface area contributed by atoms with E-state index in [-0.39, 0.29) is 80.8 Å². The first-order valence-electron chi connectivity index (χ1n) is 17.6. The SMILES string of the molecule is CCCC[C@@H]1NC[C@H](C(=O)C2CCC(N3C[C@H](C(N)=O)NC(=O)[C@@H]3CCCN=C(N)N)C(=O)[C@H]3CN2[C@H](Cc2ccccc2)C(=O)N3)NC1=O. The summed E-state index contributed by atoms with van der Waals surface area (Å²) in [4.78, 5) is 88.9. The Bertz CT molecular complexity index is 1470. The number of hydrogen-bond acceptors (Lipinski definition) is 10. The number of ketones is 2. The molecule has 1 aromatic rings. The first kappa shape index (κ1) is 36.9. The number of amides is 4. The first-order chi connectivity index (χ1) is 24.0. The zero-order valence-corrected chi connectivity index (χ0v) is 28.5. The molecule has 4 amide bonds. The van der Waals surface area contributed by atoms with Crippen molar-refractivity contribution in [1.82, 2.24) is 31.1 Å². The monoisotopic (exact) mass is 694 g/mol. The van der Waals surface area contributed by atoms with Gasteiger partial charge in [-0.1, -0.05) is 50.1 Å². The molecule has 16 heteroatoms. The van der Waals surface area contributed by atoms with Gasteiger partial charge in [0.25, 0.3) is 0 Å². The van der Waals surface area contributed by atoms with Gasteiger partial charge in [0.1, 0.15) is 18.1 Å². The van der Waals surface area contributed by atoms with Gasteiger partial charge in [0.05, 0.1) is 30.2 Å². The molecule has 0 saturated carbocycles. The molecule has 16 nitrogen and oxygen atoms in total. The summed E-state index contributed by atoms with van der Waals surface area (Å²) in [6.07, 6.45) is 3.81. The third-order valence-electron chi connectivity index (χ3n) is 10.3. The molecule has 0 radical (unpaired) electrons. The Hall–Kier alpha value is -4.41. The number of nitrogens with one attached hydrogen (secondary N) is 4. The van der Waals surface area contributed by atoms with Crippen LogP contribution in [-0.4, -0.2) is 125 Å². The first-order valence-corrected chi connectivity index (χ1v) is 17.6. The predicted molar refractivity (Wildman–Crippen MR) is 184 cm³/mol. The lowest BCUT2D eigenvalue weighted by atomic mass is 9.84. The average molecular weight is 695 g/mol. The van der Waals surface area contributed by atoms with Crippen molar-refractivity contribution < 1.29 is 28.8 Å². The highest BCUT2D eigenvalue weighted by atomic mass is 16.2. The standard InChI is InChI=1S/C34H50N10O6/c1-2-3-10-20-31(48)40-21(16-39-20)28(45)24-12-13-25(43-18-23(30(35)47)42-32(49)26(43)11-7-14-38-34(36)37)29(46)22-17-44(24)27(33(50)41-22)15-19-8-5-4-6-9-19/h4-6,8-9,20-27,39H,2-3,7,10-18H2,1H3,(H2,35,47)(H,40,48)(H,41,50)(H,42,49)(H4,36,37,38)/t20-,21+,22+,23+,24?,25?,26-,27+/m0/s1. The van der Waals surface area contributed by atoms with Crippen LogP contribution < -0.4 is 38.5 Å². The molecule has 0 aromatic heterocycles. The predicted octanol–water partition coefficient (Wildman–Crippen LogP) is -2.58. The van der Waals surface area contributed by atoms with Crippen molar-refractivity contribution in [3.8, 4) is 0 Å². The Morgan fingerprint density at radius 3 is 2.24 bits per heavy atom. The van der Waals surface area contributed by atoms with E-state index in [0.29, 0.717) is 19.3 Å². The van der Waals surface area contributed by atoms with Crippen LogP contribution >= 0.6 is 0 Å². The molecule has 272 valence electrons. The molecule has 4 aliphatic rings. The average Bonchev–Trinajstić information content (AvgIpc) is 3.08. The number of guanidine groups is 1. The third kappa shape index (κ3) is 8.47. The topological polar surface area (TPSA) is 247 Å². The van der Waals surface area contributed by atoms with Crippen LogP contribution in [0.3, 0.4) is 0 Å². The van der Waals surface area contributed by atoms with Crippen molar-refractivity contribution in [2.75, 3.05) is 26.2 Å². The van der Waals surface area contributed by atoms with Crippen LogP contribution in [0, 0.1) is 0 Å². The number of nitrogens with zero attached hydrogens (tertiary/aromatic N) is 3. The normalized spacial score (nSPS) is 31.7. The van der Waals surface area contributed by atoms with E-state index >= 15 is 0 Å². The van der Waals surface area contributed by atoms with Crippen LogP contribution in [-0.2, 0) is 35.2 Å². The second kappa shape index (κ2) is 16.5. The van der Waals surface area contributed by atoms with Gasteiger partial charge in [-0.15, -0.1) is 0 Å². The van der Waals surface area contributed by atoms with Gasteiger partial charge in [-0.25, -0.2) is 0 Å². The van der Waals surface area contributed by atoms with Crippen molar-refractivity contribution in [3.05, 3.63) is 35.9 Å². The van der Waals surface area contributed by atoms with Crippen molar-refractivity contribution >= 4 is 41.2 Å². The number of hydrogen-bond donors (Lipinski definition) is 7. The van der Waals surface area contributed by atoms with Crippen LogP contribution in [0.2, 0.25) is 0 Å². The van der Waals surface area contributed by atoms with Crippen molar-refractivity contribution in [2.24, 2.45) is 22.2 Å². The van der Waals surface area contributed by atoms with Crippen LogP contribution in [0.1, 0.15) is 57.4 Å². The second-order valence-electron chi connectivity index (χ2n) is 13.7. The zero-order valence-electron chi connectivity index (χ0n) is 28.5. The molecule has 4 aliphatic heterocycles. The number of primary amides is 1. The molecule has 9 atom stereocenters. The molecular weight excluding hydrogens is 644 g/mol. The quantitative estimate of drug-likeness (QED) is 0.0642. The van der Waals surface area contributed by atoms with E-state index in [9.17, 15) is 28.8 Å². The van der Waals surface area contributed by atoms with Crippen molar-refractivity contribution in [1.29, 1.82) is 0 Å². The fourth-order valence-electron chi connectivity index (χ4n) is 7.67. The summed E-state index contributed by atoms with van der Waals surface area (Å²) in [6.45, 7) is 2.59. The number of piperazine rings is 3. The molecule has 2 bridgehead atoms. The van der Waals surface area contributed by atoms with E-state index in [1.54, 1.807) is 4.90 Å². The van der Waals surface area contributed by atoms with Gasteiger partial charge >= 0.3 is 0 Å². The van der Waals surface area contributed by atoms with Crippen molar-refractivity contribution in [2.45, 2.75) is 107 Å². The maximum Gasteiger partial charge on any atom is 0.241 e. The van der Waals surface area contributed by atoms with Gasteiger partial charge in [-0.3, -0.25) is 43.6 Å². The van der Waals surface area contributed by atoms with E-state index in [2.05, 4.69) is 26.3 Å². The summed E-state index contributed by atoms with van der Waals surface area (Å²) in [6, 6.07) is 2.93. The molecule has 0 spiro atoms.